The summed E-state index contributed by atoms with van der Waals surface area (Å²) in [6.45, 7) is 5.50. The lowest BCUT2D eigenvalue weighted by Crippen LogP contribution is -2.36. The minimum atomic E-state index is -0.283. The number of esters is 1. The fraction of sp³-hybridized carbons (Fsp3) is 0.474. The molecule has 5 heteroatoms. The van der Waals surface area contributed by atoms with Gasteiger partial charge in [-0.25, -0.2) is 4.79 Å². The average molecular weight is 331 g/mol. The Kier molecular flexibility index (Phi) is 6.85. The van der Waals surface area contributed by atoms with E-state index in [1.165, 1.54) is 5.57 Å². The molecule has 0 N–H and O–H groups in total. The van der Waals surface area contributed by atoms with Gasteiger partial charge in [0.05, 0.1) is 19.6 Å². The first-order chi connectivity index (χ1) is 11.7. The van der Waals surface area contributed by atoms with Gasteiger partial charge in [-0.2, -0.15) is 0 Å². The topological polar surface area (TPSA) is 55.8 Å². The lowest BCUT2D eigenvalue weighted by atomic mass is 9.85. The number of hydrogen-bond donors (Lipinski definition) is 0. The van der Waals surface area contributed by atoms with Crippen LogP contribution in [0.25, 0.3) is 0 Å². The molecule has 130 valence electrons. The van der Waals surface area contributed by atoms with Gasteiger partial charge >= 0.3 is 12.1 Å². The molecule has 0 saturated carbocycles. The molecule has 1 amide bonds. The standard InChI is InChI=1S/C19H25NO4/c1-3-23-18(21)14-17(15-8-6-5-7-9-15)16-10-12-20(13-11-16)19(22)24-4-2/h5-10,17H,3-4,11-14H2,1-2H3. The van der Waals surface area contributed by atoms with Gasteiger partial charge in [0.2, 0.25) is 0 Å². The lowest BCUT2D eigenvalue weighted by molar-refractivity contribution is -0.143. The molecule has 0 saturated heterocycles. The highest BCUT2D eigenvalue weighted by Gasteiger charge is 2.25. The zero-order chi connectivity index (χ0) is 17.4. The van der Waals surface area contributed by atoms with Crippen LogP contribution < -0.4 is 0 Å². The summed E-state index contributed by atoms with van der Waals surface area (Å²) in [4.78, 5) is 25.5. The van der Waals surface area contributed by atoms with Crippen LogP contribution >= 0.6 is 0 Å². The molecule has 0 aliphatic carbocycles. The second kappa shape index (κ2) is 9.11. The third-order valence-electron chi connectivity index (χ3n) is 4.10. The van der Waals surface area contributed by atoms with E-state index in [1.807, 2.05) is 43.3 Å². The highest BCUT2D eigenvalue weighted by Crippen LogP contribution is 2.32. The molecule has 1 unspecified atom stereocenters. The number of hydrogen-bond acceptors (Lipinski definition) is 4. The van der Waals surface area contributed by atoms with Crippen molar-refractivity contribution < 1.29 is 19.1 Å². The van der Waals surface area contributed by atoms with Crippen LogP contribution in [0.5, 0.6) is 0 Å². The minimum Gasteiger partial charge on any atom is -0.466 e. The second-order valence-electron chi connectivity index (χ2n) is 5.65. The summed E-state index contributed by atoms with van der Waals surface area (Å²) in [6, 6.07) is 9.97. The summed E-state index contributed by atoms with van der Waals surface area (Å²) in [5, 5.41) is 0. The second-order valence-corrected chi connectivity index (χ2v) is 5.65. The van der Waals surface area contributed by atoms with E-state index in [9.17, 15) is 9.59 Å². The molecule has 1 atom stereocenters. The number of ether oxygens (including phenoxy) is 2. The van der Waals surface area contributed by atoms with Crippen LogP contribution in [0.2, 0.25) is 0 Å². The maximum atomic E-state index is 12.0. The van der Waals surface area contributed by atoms with Crippen LogP contribution in [0.3, 0.4) is 0 Å². The van der Waals surface area contributed by atoms with Crippen LogP contribution in [0, 0.1) is 0 Å². The van der Waals surface area contributed by atoms with E-state index in [-0.39, 0.29) is 18.0 Å². The van der Waals surface area contributed by atoms with Gasteiger partial charge in [0.1, 0.15) is 0 Å². The third-order valence-corrected chi connectivity index (χ3v) is 4.10. The van der Waals surface area contributed by atoms with Crippen LogP contribution in [0.1, 0.15) is 38.2 Å². The Bertz CT molecular complexity index is 582. The Morgan fingerprint density at radius 1 is 1.12 bits per heavy atom. The van der Waals surface area contributed by atoms with Crippen molar-refractivity contribution in [2.24, 2.45) is 0 Å². The van der Waals surface area contributed by atoms with Crippen molar-refractivity contribution >= 4 is 12.1 Å². The van der Waals surface area contributed by atoms with Crippen molar-refractivity contribution in [1.29, 1.82) is 0 Å². The van der Waals surface area contributed by atoms with Gasteiger partial charge in [0, 0.05) is 19.0 Å². The van der Waals surface area contributed by atoms with Gasteiger partial charge in [0.25, 0.3) is 0 Å². The predicted octanol–water partition coefficient (Wildman–Crippen LogP) is 3.51. The highest BCUT2D eigenvalue weighted by atomic mass is 16.6. The van der Waals surface area contributed by atoms with Gasteiger partial charge in [-0.15, -0.1) is 0 Å². The molecular weight excluding hydrogens is 306 g/mol. The molecule has 0 fully saturated rings. The summed E-state index contributed by atoms with van der Waals surface area (Å²) < 4.78 is 10.2. The highest BCUT2D eigenvalue weighted by molar-refractivity contribution is 5.71. The smallest absolute Gasteiger partial charge is 0.410 e. The molecular formula is C19H25NO4. The molecule has 0 radical (unpaired) electrons. The van der Waals surface area contributed by atoms with Crippen molar-refractivity contribution in [3.63, 3.8) is 0 Å². The lowest BCUT2D eigenvalue weighted by Gasteiger charge is -2.29. The zero-order valence-electron chi connectivity index (χ0n) is 14.4. The zero-order valence-corrected chi connectivity index (χ0v) is 14.4. The van der Waals surface area contributed by atoms with E-state index >= 15 is 0 Å². The monoisotopic (exact) mass is 331 g/mol. The molecule has 0 aromatic heterocycles. The summed E-state index contributed by atoms with van der Waals surface area (Å²) >= 11 is 0. The quantitative estimate of drug-likeness (QED) is 0.591. The van der Waals surface area contributed by atoms with Crippen molar-refractivity contribution in [2.45, 2.75) is 32.6 Å². The fourth-order valence-electron chi connectivity index (χ4n) is 2.92. The van der Waals surface area contributed by atoms with Crippen molar-refractivity contribution in [3.05, 3.63) is 47.5 Å². The number of amides is 1. The Labute approximate surface area is 143 Å². The summed E-state index contributed by atoms with van der Waals surface area (Å²) in [6.07, 6.45) is 2.81. The third kappa shape index (κ3) is 4.85. The maximum absolute atomic E-state index is 12.0. The number of benzene rings is 1. The van der Waals surface area contributed by atoms with Crippen LogP contribution in [-0.4, -0.2) is 43.3 Å². The van der Waals surface area contributed by atoms with Gasteiger partial charge in [-0.3, -0.25) is 4.79 Å². The van der Waals surface area contributed by atoms with E-state index in [1.54, 1.807) is 11.8 Å². The Hall–Kier alpha value is -2.30. The number of nitrogens with zero attached hydrogens (tertiary/aromatic N) is 1. The van der Waals surface area contributed by atoms with E-state index in [0.717, 1.165) is 12.0 Å². The van der Waals surface area contributed by atoms with Crippen LogP contribution in [-0.2, 0) is 14.3 Å². The molecule has 1 aliphatic heterocycles. The van der Waals surface area contributed by atoms with Crippen LogP contribution in [0.4, 0.5) is 4.79 Å². The number of rotatable bonds is 6. The first-order valence-electron chi connectivity index (χ1n) is 8.46. The SMILES string of the molecule is CCOC(=O)CC(C1=CCN(C(=O)OCC)CC1)c1ccccc1. The van der Waals surface area contributed by atoms with Gasteiger partial charge < -0.3 is 14.4 Å². The molecule has 1 aromatic rings. The average Bonchev–Trinajstić information content (AvgIpc) is 2.61. The largest absolute Gasteiger partial charge is 0.466 e. The van der Waals surface area contributed by atoms with E-state index in [4.69, 9.17) is 9.47 Å². The van der Waals surface area contributed by atoms with E-state index in [2.05, 4.69) is 0 Å². The van der Waals surface area contributed by atoms with Crippen molar-refractivity contribution in [3.8, 4) is 0 Å². The van der Waals surface area contributed by atoms with E-state index < -0.39 is 0 Å². The molecule has 2 rings (SSSR count). The summed E-state index contributed by atoms with van der Waals surface area (Å²) in [5.74, 6) is -0.199. The predicted molar refractivity (Wildman–Crippen MR) is 91.7 cm³/mol. The maximum Gasteiger partial charge on any atom is 0.410 e. The molecule has 1 heterocycles. The van der Waals surface area contributed by atoms with Gasteiger partial charge in [0.15, 0.2) is 0 Å². The molecule has 5 nitrogen and oxygen atoms in total. The van der Waals surface area contributed by atoms with Gasteiger partial charge in [-0.1, -0.05) is 42.0 Å². The van der Waals surface area contributed by atoms with Crippen molar-refractivity contribution in [2.75, 3.05) is 26.3 Å². The molecule has 1 aromatic carbocycles. The molecule has 0 spiro atoms. The van der Waals surface area contributed by atoms with Crippen LogP contribution in [0.15, 0.2) is 42.0 Å². The Balaban J connectivity index is 2.13. The first kappa shape index (κ1) is 18.0. The summed E-state index contributed by atoms with van der Waals surface area (Å²) in [5.41, 5.74) is 2.27. The number of carbonyl (C=O) groups excluding carboxylic acids is 2. The fourth-order valence-corrected chi connectivity index (χ4v) is 2.92. The molecule has 24 heavy (non-hydrogen) atoms. The Morgan fingerprint density at radius 3 is 2.42 bits per heavy atom. The molecule has 1 aliphatic rings. The van der Waals surface area contributed by atoms with Crippen molar-refractivity contribution in [1.82, 2.24) is 4.90 Å². The normalized spacial score (nSPS) is 15.4. The minimum absolute atomic E-state index is 0.00500. The van der Waals surface area contributed by atoms with Gasteiger partial charge in [-0.05, 0) is 25.8 Å². The summed E-state index contributed by atoms with van der Waals surface area (Å²) in [7, 11) is 0. The first-order valence-corrected chi connectivity index (χ1v) is 8.46. The number of carbonyl (C=O) groups is 2. The van der Waals surface area contributed by atoms with E-state index in [0.29, 0.717) is 32.7 Å². The Morgan fingerprint density at radius 2 is 1.83 bits per heavy atom. The molecule has 0 bridgehead atoms.